The summed E-state index contributed by atoms with van der Waals surface area (Å²) in [6.07, 6.45) is 12.9. The summed E-state index contributed by atoms with van der Waals surface area (Å²) < 4.78 is 11.7. The molecule has 0 heterocycles. The van der Waals surface area contributed by atoms with Crippen LogP contribution in [-0.4, -0.2) is 30.7 Å². The molecule has 0 spiro atoms. The quantitative estimate of drug-likeness (QED) is 0.308. The highest BCUT2D eigenvalue weighted by Gasteiger charge is 2.24. The number of ketones is 1. The van der Waals surface area contributed by atoms with Crippen LogP contribution in [0.2, 0.25) is 0 Å². The average molecular weight is 465 g/mol. The Hall–Kier alpha value is -2.59. The minimum absolute atomic E-state index is 0.0911. The lowest BCUT2D eigenvalue weighted by Gasteiger charge is -2.23. The zero-order valence-corrected chi connectivity index (χ0v) is 20.8. The Bertz CT molecular complexity index is 913. The topological polar surface area (TPSA) is 55.8 Å². The number of benzene rings is 2. The zero-order valence-electron chi connectivity index (χ0n) is 20.8. The van der Waals surface area contributed by atoms with Crippen LogP contribution < -0.4 is 4.74 Å². The summed E-state index contributed by atoms with van der Waals surface area (Å²) in [4.78, 5) is 12.3. The maximum Gasteiger partial charge on any atom is 0.161 e. The van der Waals surface area contributed by atoms with E-state index in [0.29, 0.717) is 25.2 Å². The Morgan fingerprint density at radius 1 is 1.15 bits per heavy atom. The molecule has 3 rings (SSSR count). The SMILES string of the molecule is CCC/C=C/C(=O)CCc1cc(OC2CCCC2)c(O)c([C@H](CCOC)Cc2ccccc2)c1. The second kappa shape index (κ2) is 14.0. The summed E-state index contributed by atoms with van der Waals surface area (Å²) in [7, 11) is 1.71. The third kappa shape index (κ3) is 8.02. The van der Waals surface area contributed by atoms with Gasteiger partial charge in [-0.25, -0.2) is 0 Å². The highest BCUT2D eigenvalue weighted by Crippen LogP contribution is 2.41. The molecule has 1 atom stereocenters. The van der Waals surface area contributed by atoms with E-state index in [0.717, 1.165) is 49.7 Å². The van der Waals surface area contributed by atoms with Crippen molar-refractivity contribution in [1.82, 2.24) is 0 Å². The summed E-state index contributed by atoms with van der Waals surface area (Å²) in [6, 6.07) is 14.4. The number of carbonyl (C=O) groups excluding carboxylic acids is 1. The van der Waals surface area contributed by atoms with E-state index in [4.69, 9.17) is 9.47 Å². The lowest BCUT2D eigenvalue weighted by Crippen LogP contribution is -2.13. The first-order valence-electron chi connectivity index (χ1n) is 12.8. The van der Waals surface area contributed by atoms with Crippen LogP contribution >= 0.6 is 0 Å². The van der Waals surface area contributed by atoms with Crippen LogP contribution in [0.1, 0.15) is 80.9 Å². The molecule has 4 heteroatoms. The molecule has 0 unspecified atom stereocenters. The van der Waals surface area contributed by atoms with Crippen molar-refractivity contribution in [2.45, 2.75) is 83.2 Å². The van der Waals surface area contributed by atoms with E-state index in [2.05, 4.69) is 25.1 Å². The summed E-state index contributed by atoms with van der Waals surface area (Å²) in [5, 5.41) is 11.3. The molecule has 0 saturated heterocycles. The van der Waals surface area contributed by atoms with E-state index in [-0.39, 0.29) is 23.6 Å². The molecule has 1 aliphatic carbocycles. The molecule has 1 aliphatic rings. The van der Waals surface area contributed by atoms with Gasteiger partial charge in [-0.15, -0.1) is 0 Å². The number of hydrogen-bond acceptors (Lipinski definition) is 4. The second-order valence-electron chi connectivity index (χ2n) is 9.38. The number of rotatable bonds is 14. The number of phenolic OH excluding ortho intramolecular Hbond substituents is 1. The molecule has 1 N–H and O–H groups in total. The van der Waals surface area contributed by atoms with Gasteiger partial charge >= 0.3 is 0 Å². The van der Waals surface area contributed by atoms with Crippen molar-refractivity contribution in [3.63, 3.8) is 0 Å². The van der Waals surface area contributed by atoms with Crippen LogP contribution in [-0.2, 0) is 22.4 Å². The van der Waals surface area contributed by atoms with E-state index >= 15 is 0 Å². The van der Waals surface area contributed by atoms with Crippen LogP contribution in [0.15, 0.2) is 54.6 Å². The fourth-order valence-corrected chi connectivity index (χ4v) is 4.68. The first kappa shape index (κ1) is 26.0. The van der Waals surface area contributed by atoms with Gasteiger partial charge in [0.05, 0.1) is 6.10 Å². The Kier molecular flexibility index (Phi) is 10.7. The predicted octanol–water partition coefficient (Wildman–Crippen LogP) is 6.93. The van der Waals surface area contributed by atoms with Gasteiger partial charge in [-0.2, -0.15) is 0 Å². The molecule has 0 aliphatic heterocycles. The van der Waals surface area contributed by atoms with E-state index < -0.39 is 0 Å². The van der Waals surface area contributed by atoms with Gasteiger partial charge in [-0.3, -0.25) is 4.79 Å². The fourth-order valence-electron chi connectivity index (χ4n) is 4.68. The molecular weight excluding hydrogens is 424 g/mol. The van der Waals surface area contributed by atoms with Crippen LogP contribution in [0, 0.1) is 0 Å². The van der Waals surface area contributed by atoms with Crippen LogP contribution in [0.4, 0.5) is 0 Å². The Morgan fingerprint density at radius 3 is 2.62 bits per heavy atom. The summed E-state index contributed by atoms with van der Waals surface area (Å²) in [5.41, 5.74) is 3.15. The Morgan fingerprint density at radius 2 is 1.91 bits per heavy atom. The molecule has 0 amide bonds. The number of ether oxygens (including phenoxy) is 2. The number of hydrogen-bond donors (Lipinski definition) is 1. The van der Waals surface area contributed by atoms with Crippen molar-refractivity contribution in [3.8, 4) is 11.5 Å². The molecular formula is C30H40O4. The number of aromatic hydroxyl groups is 1. The van der Waals surface area contributed by atoms with Gasteiger partial charge in [-0.05, 0) is 80.6 Å². The average Bonchev–Trinajstić information content (AvgIpc) is 3.36. The molecule has 184 valence electrons. The molecule has 0 radical (unpaired) electrons. The molecule has 0 bridgehead atoms. The van der Waals surface area contributed by atoms with Gasteiger partial charge in [0.25, 0.3) is 0 Å². The molecule has 1 fully saturated rings. The summed E-state index contributed by atoms with van der Waals surface area (Å²) in [5.74, 6) is 1.03. The van der Waals surface area contributed by atoms with Gasteiger partial charge in [0.15, 0.2) is 17.3 Å². The summed E-state index contributed by atoms with van der Waals surface area (Å²) in [6.45, 7) is 2.72. The van der Waals surface area contributed by atoms with Gasteiger partial charge < -0.3 is 14.6 Å². The molecule has 1 saturated carbocycles. The first-order valence-corrected chi connectivity index (χ1v) is 12.8. The Balaban J connectivity index is 1.88. The van der Waals surface area contributed by atoms with Crippen LogP contribution in [0.3, 0.4) is 0 Å². The molecule has 2 aromatic carbocycles. The number of aryl methyl sites for hydroxylation is 1. The van der Waals surface area contributed by atoms with E-state index in [1.807, 2.05) is 30.3 Å². The van der Waals surface area contributed by atoms with Crippen molar-refractivity contribution >= 4 is 5.78 Å². The molecule has 0 aromatic heterocycles. The number of allylic oxidation sites excluding steroid dienone is 2. The number of methoxy groups -OCH3 is 1. The minimum Gasteiger partial charge on any atom is -0.504 e. The third-order valence-electron chi connectivity index (χ3n) is 6.61. The maximum atomic E-state index is 12.3. The van der Waals surface area contributed by atoms with Gasteiger partial charge in [0.1, 0.15) is 0 Å². The second-order valence-corrected chi connectivity index (χ2v) is 9.38. The van der Waals surface area contributed by atoms with Crippen LogP contribution in [0.25, 0.3) is 0 Å². The highest BCUT2D eigenvalue weighted by molar-refractivity contribution is 5.89. The largest absolute Gasteiger partial charge is 0.504 e. The van der Waals surface area contributed by atoms with Crippen LogP contribution in [0.5, 0.6) is 11.5 Å². The monoisotopic (exact) mass is 464 g/mol. The minimum atomic E-state index is 0.0911. The van der Waals surface area contributed by atoms with Crippen molar-refractivity contribution < 1.29 is 19.4 Å². The Labute approximate surface area is 205 Å². The van der Waals surface area contributed by atoms with Gasteiger partial charge in [-0.1, -0.05) is 55.8 Å². The van der Waals surface area contributed by atoms with Crippen molar-refractivity contribution in [3.05, 3.63) is 71.3 Å². The van der Waals surface area contributed by atoms with Crippen molar-refractivity contribution in [2.24, 2.45) is 0 Å². The summed E-state index contributed by atoms with van der Waals surface area (Å²) >= 11 is 0. The number of phenols is 1. The standard InChI is InChI=1S/C30H40O4/c1-3-4-6-13-26(31)17-16-24-21-28(30(32)29(22-24)34-27-14-9-10-15-27)25(18-19-33-2)20-23-11-7-5-8-12-23/h5-8,11-13,21-22,25,27,32H,3-4,9-10,14-20H2,1-2H3/b13-6+/t25-/m1/s1. The lowest BCUT2D eigenvalue weighted by molar-refractivity contribution is -0.114. The molecule has 2 aromatic rings. The first-order chi connectivity index (χ1) is 16.6. The zero-order chi connectivity index (χ0) is 24.2. The maximum absolute atomic E-state index is 12.3. The number of unbranched alkanes of at least 4 members (excludes halogenated alkanes) is 1. The normalized spacial score (nSPS) is 15.1. The van der Waals surface area contributed by atoms with E-state index in [1.54, 1.807) is 13.2 Å². The van der Waals surface area contributed by atoms with E-state index in [9.17, 15) is 9.90 Å². The lowest BCUT2D eigenvalue weighted by atomic mass is 9.87. The van der Waals surface area contributed by atoms with E-state index in [1.165, 1.54) is 18.4 Å². The van der Waals surface area contributed by atoms with Gasteiger partial charge in [0, 0.05) is 25.7 Å². The highest BCUT2D eigenvalue weighted by atomic mass is 16.5. The van der Waals surface area contributed by atoms with Crippen molar-refractivity contribution in [1.29, 1.82) is 0 Å². The van der Waals surface area contributed by atoms with Crippen molar-refractivity contribution in [2.75, 3.05) is 13.7 Å². The predicted molar refractivity (Wildman–Crippen MR) is 138 cm³/mol. The molecule has 34 heavy (non-hydrogen) atoms. The number of carbonyl (C=O) groups is 1. The van der Waals surface area contributed by atoms with Gasteiger partial charge in [0.2, 0.25) is 0 Å². The smallest absolute Gasteiger partial charge is 0.161 e. The third-order valence-corrected chi connectivity index (χ3v) is 6.61. The molecule has 4 nitrogen and oxygen atoms in total. The fraction of sp³-hybridized carbons (Fsp3) is 0.500.